The highest BCUT2D eigenvalue weighted by Gasteiger charge is 2.23. The zero-order valence-electron chi connectivity index (χ0n) is 10.5. The third kappa shape index (κ3) is 2.88. The van der Waals surface area contributed by atoms with E-state index in [1.54, 1.807) is 11.0 Å². The Bertz CT molecular complexity index is 434. The van der Waals surface area contributed by atoms with Crippen molar-refractivity contribution in [1.29, 1.82) is 0 Å². The van der Waals surface area contributed by atoms with Crippen LogP contribution in [0.5, 0.6) is 0 Å². The predicted octanol–water partition coefficient (Wildman–Crippen LogP) is 2.23. The van der Waals surface area contributed by atoms with Gasteiger partial charge in [-0.2, -0.15) is 0 Å². The molecule has 0 unspecified atom stereocenters. The van der Waals surface area contributed by atoms with Crippen LogP contribution in [0, 0.1) is 5.82 Å². The topological polar surface area (TPSA) is 46.3 Å². The first kappa shape index (κ1) is 13.0. The number of carbonyl (C=O) groups is 1. The summed E-state index contributed by atoms with van der Waals surface area (Å²) in [5.41, 5.74) is 7.26. The van der Waals surface area contributed by atoms with Crippen LogP contribution in [0.1, 0.15) is 31.2 Å². The lowest BCUT2D eigenvalue weighted by Gasteiger charge is -2.29. The number of hydrogen-bond acceptors (Lipinski definition) is 2. The van der Waals surface area contributed by atoms with Crippen LogP contribution < -0.4 is 10.6 Å². The number of anilines is 1. The van der Waals surface area contributed by atoms with Gasteiger partial charge >= 0.3 is 0 Å². The van der Waals surface area contributed by atoms with Gasteiger partial charge in [0.1, 0.15) is 5.82 Å². The molecule has 1 amide bonds. The van der Waals surface area contributed by atoms with Crippen molar-refractivity contribution in [2.75, 3.05) is 18.0 Å². The lowest BCUT2D eigenvalue weighted by molar-refractivity contribution is -0.118. The van der Waals surface area contributed by atoms with E-state index in [1.807, 2.05) is 0 Å². The Kier molecular flexibility index (Phi) is 4.31. The van der Waals surface area contributed by atoms with Gasteiger partial charge in [0.2, 0.25) is 5.91 Å². The number of unbranched alkanes of at least 4 members (excludes halogenated alkanes) is 2. The molecule has 0 spiro atoms. The van der Waals surface area contributed by atoms with E-state index in [1.165, 1.54) is 12.1 Å². The van der Waals surface area contributed by atoms with Gasteiger partial charge < -0.3 is 10.6 Å². The summed E-state index contributed by atoms with van der Waals surface area (Å²) in [7, 11) is 0. The molecular weight excluding hydrogens is 231 g/mol. The van der Waals surface area contributed by atoms with E-state index < -0.39 is 0 Å². The Morgan fingerprint density at radius 3 is 2.83 bits per heavy atom. The predicted molar refractivity (Wildman–Crippen MR) is 70.0 cm³/mol. The molecule has 98 valence electrons. The fraction of sp³-hybridized carbons (Fsp3) is 0.500. The van der Waals surface area contributed by atoms with Crippen LogP contribution in [-0.2, 0) is 11.2 Å². The van der Waals surface area contributed by atoms with Crippen molar-refractivity contribution in [2.24, 2.45) is 5.73 Å². The van der Waals surface area contributed by atoms with Crippen molar-refractivity contribution in [2.45, 2.75) is 32.1 Å². The summed E-state index contributed by atoms with van der Waals surface area (Å²) in [4.78, 5) is 13.6. The summed E-state index contributed by atoms with van der Waals surface area (Å²) in [6, 6.07) is 4.71. The zero-order chi connectivity index (χ0) is 13.0. The van der Waals surface area contributed by atoms with Crippen LogP contribution in [0.15, 0.2) is 18.2 Å². The molecule has 0 saturated carbocycles. The Hall–Kier alpha value is -1.42. The fourth-order valence-corrected chi connectivity index (χ4v) is 2.35. The second-order valence-corrected chi connectivity index (χ2v) is 4.67. The fourth-order valence-electron chi connectivity index (χ4n) is 2.35. The average Bonchev–Trinajstić information content (AvgIpc) is 2.36. The summed E-state index contributed by atoms with van der Waals surface area (Å²) in [5, 5.41) is 0. The monoisotopic (exact) mass is 250 g/mol. The van der Waals surface area contributed by atoms with Crippen LogP contribution >= 0.6 is 0 Å². The molecule has 0 saturated heterocycles. The molecule has 0 aliphatic carbocycles. The molecule has 1 aromatic rings. The van der Waals surface area contributed by atoms with E-state index in [9.17, 15) is 9.18 Å². The number of halogens is 1. The maximum absolute atomic E-state index is 13.3. The third-order valence-electron chi connectivity index (χ3n) is 3.33. The van der Waals surface area contributed by atoms with Crippen LogP contribution in [0.2, 0.25) is 0 Å². The normalized spacial score (nSPS) is 14.8. The van der Waals surface area contributed by atoms with Crippen LogP contribution in [-0.4, -0.2) is 19.0 Å². The molecular formula is C14H19FN2O. The number of rotatable bonds is 5. The molecule has 18 heavy (non-hydrogen) atoms. The van der Waals surface area contributed by atoms with E-state index in [4.69, 9.17) is 5.73 Å². The molecule has 0 aromatic heterocycles. The van der Waals surface area contributed by atoms with E-state index in [2.05, 4.69) is 0 Å². The van der Waals surface area contributed by atoms with E-state index in [0.29, 0.717) is 25.9 Å². The lowest BCUT2D eigenvalue weighted by Crippen LogP contribution is -2.36. The van der Waals surface area contributed by atoms with Gasteiger partial charge in [0.05, 0.1) is 0 Å². The third-order valence-corrected chi connectivity index (χ3v) is 3.33. The molecule has 2 N–H and O–H groups in total. The number of hydrogen-bond donors (Lipinski definition) is 1. The van der Waals surface area contributed by atoms with E-state index in [0.717, 1.165) is 30.5 Å². The highest BCUT2D eigenvalue weighted by Crippen LogP contribution is 2.28. The van der Waals surface area contributed by atoms with Crippen LogP contribution in [0.3, 0.4) is 0 Å². The zero-order valence-corrected chi connectivity index (χ0v) is 10.5. The van der Waals surface area contributed by atoms with Gasteiger partial charge in [-0.05, 0) is 43.5 Å². The number of aryl methyl sites for hydroxylation is 1. The number of nitrogens with two attached hydrogens (primary N) is 1. The molecule has 2 rings (SSSR count). The second-order valence-electron chi connectivity index (χ2n) is 4.67. The first-order chi connectivity index (χ1) is 8.72. The quantitative estimate of drug-likeness (QED) is 0.815. The summed E-state index contributed by atoms with van der Waals surface area (Å²) < 4.78 is 13.3. The van der Waals surface area contributed by atoms with Crippen molar-refractivity contribution in [3.8, 4) is 0 Å². The summed E-state index contributed by atoms with van der Waals surface area (Å²) in [6.07, 6.45) is 4.13. The number of carbonyl (C=O) groups excluding carboxylic acids is 1. The molecule has 1 aromatic carbocycles. The van der Waals surface area contributed by atoms with Gasteiger partial charge in [-0.15, -0.1) is 0 Å². The van der Waals surface area contributed by atoms with E-state index >= 15 is 0 Å². The van der Waals surface area contributed by atoms with Crippen LogP contribution in [0.25, 0.3) is 0 Å². The van der Waals surface area contributed by atoms with Crippen molar-refractivity contribution in [3.63, 3.8) is 0 Å². The van der Waals surface area contributed by atoms with E-state index in [-0.39, 0.29) is 11.7 Å². The number of amides is 1. The minimum Gasteiger partial charge on any atom is -0.330 e. The van der Waals surface area contributed by atoms with Gasteiger partial charge in [0.15, 0.2) is 0 Å². The minimum absolute atomic E-state index is 0.0980. The van der Waals surface area contributed by atoms with Gasteiger partial charge in [0, 0.05) is 18.7 Å². The SMILES string of the molecule is NCCCCCN1C(=O)CCc2ccc(F)cc21. The van der Waals surface area contributed by atoms with Crippen molar-refractivity contribution < 1.29 is 9.18 Å². The van der Waals surface area contributed by atoms with Crippen molar-refractivity contribution >= 4 is 11.6 Å². The molecule has 4 heteroatoms. The van der Waals surface area contributed by atoms with Gasteiger partial charge in [0.25, 0.3) is 0 Å². The Morgan fingerprint density at radius 1 is 1.22 bits per heavy atom. The van der Waals surface area contributed by atoms with Gasteiger partial charge in [-0.3, -0.25) is 4.79 Å². The molecule has 0 bridgehead atoms. The first-order valence-electron chi connectivity index (χ1n) is 6.51. The number of nitrogens with zero attached hydrogens (tertiary/aromatic N) is 1. The maximum Gasteiger partial charge on any atom is 0.227 e. The smallest absolute Gasteiger partial charge is 0.227 e. The Labute approximate surface area is 107 Å². The molecule has 0 atom stereocenters. The largest absolute Gasteiger partial charge is 0.330 e. The van der Waals surface area contributed by atoms with Crippen molar-refractivity contribution in [3.05, 3.63) is 29.6 Å². The van der Waals surface area contributed by atoms with Gasteiger partial charge in [-0.25, -0.2) is 4.39 Å². The summed E-state index contributed by atoms with van der Waals surface area (Å²) in [6.45, 7) is 1.34. The molecule has 1 heterocycles. The number of fused-ring (bicyclic) bond motifs is 1. The van der Waals surface area contributed by atoms with Crippen LogP contribution in [0.4, 0.5) is 10.1 Å². The average molecular weight is 250 g/mol. The molecule has 0 fully saturated rings. The Morgan fingerprint density at radius 2 is 2.06 bits per heavy atom. The molecule has 1 aliphatic rings. The second kappa shape index (κ2) is 5.96. The summed E-state index contributed by atoms with van der Waals surface area (Å²) in [5.74, 6) is -0.184. The number of benzene rings is 1. The minimum atomic E-state index is -0.282. The maximum atomic E-state index is 13.3. The highest BCUT2D eigenvalue weighted by atomic mass is 19.1. The summed E-state index contributed by atoms with van der Waals surface area (Å²) >= 11 is 0. The molecule has 0 radical (unpaired) electrons. The lowest BCUT2D eigenvalue weighted by atomic mass is 10.0. The molecule has 3 nitrogen and oxygen atoms in total. The molecule has 1 aliphatic heterocycles. The van der Waals surface area contributed by atoms with Gasteiger partial charge in [-0.1, -0.05) is 12.5 Å². The standard InChI is InChI=1S/C14H19FN2O/c15-12-6-4-11-5-7-14(18)17(13(11)10-12)9-3-1-2-8-16/h4,6,10H,1-3,5,7-9,16H2. The Balaban J connectivity index is 2.09. The van der Waals surface area contributed by atoms with Crippen molar-refractivity contribution in [1.82, 2.24) is 0 Å². The highest BCUT2D eigenvalue weighted by molar-refractivity contribution is 5.96. The first-order valence-corrected chi connectivity index (χ1v) is 6.51.